The van der Waals surface area contributed by atoms with E-state index in [9.17, 15) is 19.4 Å². The van der Waals surface area contributed by atoms with Gasteiger partial charge in [0, 0.05) is 6.42 Å². The summed E-state index contributed by atoms with van der Waals surface area (Å²) in [6, 6.07) is -0.893. The minimum Gasteiger partial charge on any atom is -0.756 e. The number of rotatable bonds is 45. The fourth-order valence-corrected chi connectivity index (χ4v) is 7.75. The zero-order valence-electron chi connectivity index (χ0n) is 40.4. The molecule has 0 saturated heterocycles. The number of nitrogens with one attached hydrogen (secondary N) is 1. The molecule has 0 radical (unpaired) electrons. The Morgan fingerprint density at radius 3 is 1.46 bits per heavy atom. The van der Waals surface area contributed by atoms with Gasteiger partial charge in [-0.3, -0.25) is 9.36 Å². The van der Waals surface area contributed by atoms with Crippen LogP contribution in [-0.2, 0) is 18.4 Å². The largest absolute Gasteiger partial charge is 0.756 e. The fourth-order valence-electron chi connectivity index (χ4n) is 7.03. The Hall–Kier alpha value is -1.80. The molecule has 2 N–H and O–H groups in total. The third-order valence-corrected chi connectivity index (χ3v) is 11.9. The van der Waals surface area contributed by atoms with Gasteiger partial charge in [0.1, 0.15) is 13.2 Å². The molecule has 0 spiro atoms. The van der Waals surface area contributed by atoms with Crippen LogP contribution < -0.4 is 10.2 Å². The number of quaternary nitrogens is 1. The van der Waals surface area contributed by atoms with Crippen molar-refractivity contribution >= 4 is 13.7 Å². The fraction of sp³-hybridized carbons (Fsp3) is 0.788. The molecule has 61 heavy (non-hydrogen) atoms. The maximum atomic E-state index is 12.9. The summed E-state index contributed by atoms with van der Waals surface area (Å²) in [5.74, 6) is -0.207. The van der Waals surface area contributed by atoms with Crippen molar-refractivity contribution in [3.63, 3.8) is 0 Å². The molecule has 0 aliphatic rings. The average molecular weight is 877 g/mol. The predicted octanol–water partition coefficient (Wildman–Crippen LogP) is 14.0. The van der Waals surface area contributed by atoms with Crippen LogP contribution in [0.2, 0.25) is 0 Å². The third-order valence-electron chi connectivity index (χ3n) is 11.0. The lowest BCUT2D eigenvalue weighted by Gasteiger charge is -2.29. The number of phosphoric acid groups is 1. The van der Waals surface area contributed by atoms with E-state index >= 15 is 0 Å². The van der Waals surface area contributed by atoms with Gasteiger partial charge in [0.15, 0.2) is 0 Å². The summed E-state index contributed by atoms with van der Waals surface area (Å²) in [6.45, 7) is 4.53. The van der Waals surface area contributed by atoms with E-state index in [4.69, 9.17) is 9.05 Å². The lowest BCUT2D eigenvalue weighted by Crippen LogP contribution is -2.45. The molecule has 356 valence electrons. The van der Waals surface area contributed by atoms with Gasteiger partial charge in [0.2, 0.25) is 5.91 Å². The van der Waals surface area contributed by atoms with Gasteiger partial charge >= 0.3 is 0 Å². The Bertz CT molecular complexity index is 1180. The van der Waals surface area contributed by atoms with Crippen molar-refractivity contribution in [1.82, 2.24) is 5.32 Å². The molecule has 0 rings (SSSR count). The van der Waals surface area contributed by atoms with Gasteiger partial charge in [-0.05, 0) is 57.8 Å². The quantitative estimate of drug-likeness (QED) is 0.0273. The zero-order valence-corrected chi connectivity index (χ0v) is 41.2. The van der Waals surface area contributed by atoms with Crippen molar-refractivity contribution in [2.45, 2.75) is 225 Å². The van der Waals surface area contributed by atoms with E-state index in [0.29, 0.717) is 17.4 Å². The summed E-state index contributed by atoms with van der Waals surface area (Å²) in [4.78, 5) is 25.4. The van der Waals surface area contributed by atoms with Crippen LogP contribution >= 0.6 is 7.82 Å². The Morgan fingerprint density at radius 2 is 1.00 bits per heavy atom. The van der Waals surface area contributed by atoms with Crippen molar-refractivity contribution in [3.8, 4) is 0 Å². The highest BCUT2D eigenvalue weighted by atomic mass is 31.2. The van der Waals surface area contributed by atoms with Crippen molar-refractivity contribution in [3.05, 3.63) is 60.8 Å². The normalized spacial score (nSPS) is 14.7. The number of hydrogen-bond acceptors (Lipinski definition) is 6. The summed E-state index contributed by atoms with van der Waals surface area (Å²) in [7, 11) is 1.25. The van der Waals surface area contributed by atoms with Crippen molar-refractivity contribution in [2.24, 2.45) is 0 Å². The lowest BCUT2D eigenvalue weighted by molar-refractivity contribution is -0.870. The highest BCUT2D eigenvalue weighted by Crippen LogP contribution is 2.38. The van der Waals surface area contributed by atoms with Crippen LogP contribution in [0.25, 0.3) is 0 Å². The van der Waals surface area contributed by atoms with E-state index in [0.717, 1.165) is 77.0 Å². The third kappa shape index (κ3) is 46.0. The number of nitrogens with zero attached hydrogens (tertiary/aromatic N) is 1. The molecule has 9 heteroatoms. The molecule has 8 nitrogen and oxygen atoms in total. The summed E-state index contributed by atoms with van der Waals surface area (Å²) in [5.41, 5.74) is 0. The maximum Gasteiger partial charge on any atom is 0.268 e. The van der Waals surface area contributed by atoms with Crippen LogP contribution in [-0.4, -0.2) is 68.5 Å². The first kappa shape index (κ1) is 59.2. The zero-order chi connectivity index (χ0) is 45.0. The molecule has 3 atom stereocenters. The van der Waals surface area contributed by atoms with Gasteiger partial charge in [-0.15, -0.1) is 0 Å². The molecule has 0 bridgehead atoms. The molecular formula is C52H97N2O6P. The van der Waals surface area contributed by atoms with E-state index in [-0.39, 0.29) is 19.1 Å². The number of unbranched alkanes of at least 4 members (excludes halogenated alkanes) is 24. The van der Waals surface area contributed by atoms with Crippen LogP contribution in [0.4, 0.5) is 0 Å². The SMILES string of the molecule is CC/C=C\C/C=C\C/C=C\C/C=C\CCCCCCCCCCC(=O)NC(COP(=O)([O-])OCC[N+](C)(C)C)C(O)/C=C/CCCCCCCCCCCCCCCCCC. The number of amides is 1. The van der Waals surface area contributed by atoms with Crippen molar-refractivity contribution < 1.29 is 32.9 Å². The minimum atomic E-state index is -4.60. The molecule has 0 aromatic rings. The van der Waals surface area contributed by atoms with E-state index in [2.05, 4.69) is 67.8 Å². The van der Waals surface area contributed by atoms with E-state index in [1.807, 2.05) is 27.2 Å². The summed E-state index contributed by atoms with van der Waals surface area (Å²) in [5, 5.41) is 13.8. The number of carbonyl (C=O) groups excluding carboxylic acids is 1. The Balaban J connectivity index is 4.35. The van der Waals surface area contributed by atoms with Gasteiger partial charge < -0.3 is 28.8 Å². The number of aliphatic hydroxyl groups is 1. The predicted molar refractivity (Wildman–Crippen MR) is 261 cm³/mol. The monoisotopic (exact) mass is 877 g/mol. The number of phosphoric ester groups is 1. The highest BCUT2D eigenvalue weighted by molar-refractivity contribution is 7.45. The summed E-state index contributed by atoms with van der Waals surface area (Å²) >= 11 is 0. The van der Waals surface area contributed by atoms with Gasteiger partial charge in [-0.2, -0.15) is 0 Å². The second-order valence-electron chi connectivity index (χ2n) is 18.1. The molecule has 3 unspecified atom stereocenters. The molecule has 0 aromatic carbocycles. The summed E-state index contributed by atoms with van der Waals surface area (Å²) < 4.78 is 23.3. The molecule has 0 saturated carbocycles. The topological polar surface area (TPSA) is 108 Å². The standard InChI is InChI=1S/C52H97N2O6P/c1-6-8-10-12-14-16-18-20-22-24-26-27-28-30-32-34-36-38-40-42-44-46-52(56)53-50(49-60-61(57,58)59-48-47-54(3,4)5)51(55)45-43-41-39-37-35-33-31-29-25-23-21-19-17-15-13-11-9-7-2/h8,10,14,16,20,22,26-27,43,45,50-51,55H,6-7,9,11-13,15,17-19,21,23-25,28-42,44,46-49H2,1-5H3,(H-,53,56,57,58)/b10-8-,16-14-,22-20-,27-26-,45-43+. The molecule has 0 aliphatic carbocycles. The van der Waals surface area contributed by atoms with E-state index in [1.165, 1.54) is 116 Å². The highest BCUT2D eigenvalue weighted by Gasteiger charge is 2.23. The smallest absolute Gasteiger partial charge is 0.268 e. The first-order chi connectivity index (χ1) is 29.5. The number of hydrogen-bond donors (Lipinski definition) is 2. The second-order valence-corrected chi connectivity index (χ2v) is 19.6. The lowest BCUT2D eigenvalue weighted by atomic mass is 10.0. The van der Waals surface area contributed by atoms with Crippen LogP contribution in [0.1, 0.15) is 213 Å². The molecule has 1 amide bonds. The van der Waals surface area contributed by atoms with Crippen LogP contribution in [0.15, 0.2) is 60.8 Å². The Kier molecular flexibility index (Phi) is 42.2. The van der Waals surface area contributed by atoms with E-state index in [1.54, 1.807) is 6.08 Å². The van der Waals surface area contributed by atoms with Crippen molar-refractivity contribution in [2.75, 3.05) is 40.9 Å². The summed E-state index contributed by atoms with van der Waals surface area (Å²) in [6.07, 6.45) is 56.9. The van der Waals surface area contributed by atoms with Gasteiger partial charge in [-0.25, -0.2) is 0 Å². The van der Waals surface area contributed by atoms with Crippen LogP contribution in [0.5, 0.6) is 0 Å². The minimum absolute atomic E-state index is 0.00486. The Labute approximate surface area is 377 Å². The molecule has 0 fully saturated rings. The van der Waals surface area contributed by atoms with Crippen molar-refractivity contribution in [1.29, 1.82) is 0 Å². The second kappa shape index (κ2) is 43.5. The molecule has 0 aromatic heterocycles. The van der Waals surface area contributed by atoms with E-state index < -0.39 is 20.0 Å². The maximum absolute atomic E-state index is 12.9. The molecular weight excluding hydrogens is 780 g/mol. The van der Waals surface area contributed by atoms with Crippen LogP contribution in [0, 0.1) is 0 Å². The first-order valence-electron chi connectivity index (χ1n) is 25.2. The van der Waals surface area contributed by atoms with Gasteiger partial charge in [-0.1, -0.05) is 209 Å². The first-order valence-corrected chi connectivity index (χ1v) is 26.6. The Morgan fingerprint density at radius 1 is 0.590 bits per heavy atom. The number of carbonyl (C=O) groups is 1. The van der Waals surface area contributed by atoms with Gasteiger partial charge in [0.05, 0.1) is 39.9 Å². The number of allylic oxidation sites excluding steroid dienone is 9. The average Bonchev–Trinajstić information content (AvgIpc) is 3.21. The van der Waals surface area contributed by atoms with Crippen LogP contribution in [0.3, 0.4) is 0 Å². The van der Waals surface area contributed by atoms with Gasteiger partial charge in [0.25, 0.3) is 7.82 Å². The molecule has 0 aliphatic heterocycles. The molecule has 0 heterocycles. The number of aliphatic hydroxyl groups excluding tert-OH is 1. The number of likely N-dealkylation sites (N-methyl/N-ethyl adjacent to an activating group) is 1.